The van der Waals surface area contributed by atoms with Crippen molar-refractivity contribution < 1.29 is 14.3 Å². The SMILES string of the molecule is C[C@@H](OC(=O)c1ccn[nH]1)C(=O)/C=C1/N(C)c2ccccc2C1(C)C. The number of allylic oxidation sites excluding steroid dienone is 1. The highest BCUT2D eigenvalue weighted by Crippen LogP contribution is 2.46. The fourth-order valence-electron chi connectivity index (χ4n) is 3.16. The van der Waals surface area contributed by atoms with E-state index in [-0.39, 0.29) is 16.9 Å². The quantitative estimate of drug-likeness (QED) is 0.685. The molecule has 1 aliphatic rings. The number of aromatic amines is 1. The molecule has 0 radical (unpaired) electrons. The van der Waals surface area contributed by atoms with E-state index in [0.717, 1.165) is 11.4 Å². The summed E-state index contributed by atoms with van der Waals surface area (Å²) in [7, 11) is 1.94. The number of likely N-dealkylation sites (N-methyl/N-ethyl adjacent to an activating group) is 1. The number of fused-ring (bicyclic) bond motifs is 1. The topological polar surface area (TPSA) is 75.3 Å². The first-order valence-corrected chi connectivity index (χ1v) is 8.12. The van der Waals surface area contributed by atoms with Crippen LogP contribution in [-0.2, 0) is 14.9 Å². The number of ether oxygens (including phenoxy) is 1. The minimum absolute atomic E-state index is 0.220. The predicted molar refractivity (Wildman–Crippen MR) is 94.4 cm³/mol. The maximum Gasteiger partial charge on any atom is 0.357 e. The van der Waals surface area contributed by atoms with E-state index in [1.165, 1.54) is 17.8 Å². The van der Waals surface area contributed by atoms with Gasteiger partial charge in [0.25, 0.3) is 0 Å². The van der Waals surface area contributed by atoms with Crippen LogP contribution in [-0.4, -0.2) is 35.1 Å². The third-order valence-electron chi connectivity index (χ3n) is 4.62. The number of benzene rings is 1. The van der Waals surface area contributed by atoms with Gasteiger partial charge < -0.3 is 9.64 Å². The number of carbonyl (C=O) groups excluding carboxylic acids is 2. The number of H-pyrrole nitrogens is 1. The number of carbonyl (C=O) groups is 2. The monoisotopic (exact) mass is 339 g/mol. The molecule has 3 rings (SSSR count). The van der Waals surface area contributed by atoms with Gasteiger partial charge in [-0.3, -0.25) is 9.89 Å². The number of aromatic nitrogens is 2. The lowest BCUT2D eigenvalue weighted by atomic mass is 9.83. The molecule has 0 bridgehead atoms. The number of esters is 1. The van der Waals surface area contributed by atoms with Gasteiger partial charge in [0.15, 0.2) is 11.9 Å². The summed E-state index contributed by atoms with van der Waals surface area (Å²) in [5.74, 6) is -0.852. The van der Waals surface area contributed by atoms with Gasteiger partial charge in [-0.15, -0.1) is 0 Å². The van der Waals surface area contributed by atoms with E-state index in [1.54, 1.807) is 13.0 Å². The van der Waals surface area contributed by atoms with Crippen molar-refractivity contribution in [1.29, 1.82) is 0 Å². The van der Waals surface area contributed by atoms with Crippen LogP contribution in [0, 0.1) is 0 Å². The first-order chi connectivity index (χ1) is 11.8. The molecular weight excluding hydrogens is 318 g/mol. The van der Waals surface area contributed by atoms with Crippen LogP contribution < -0.4 is 4.90 Å². The molecule has 0 spiro atoms. The van der Waals surface area contributed by atoms with E-state index in [0.29, 0.717) is 0 Å². The van der Waals surface area contributed by atoms with Gasteiger partial charge >= 0.3 is 5.97 Å². The molecule has 0 unspecified atom stereocenters. The predicted octanol–water partition coefficient (Wildman–Crippen LogP) is 2.84. The summed E-state index contributed by atoms with van der Waals surface area (Å²) in [4.78, 5) is 26.5. The van der Waals surface area contributed by atoms with Crippen LogP contribution in [0.1, 0.15) is 36.8 Å². The van der Waals surface area contributed by atoms with Crippen LogP contribution in [0.25, 0.3) is 0 Å². The highest BCUT2D eigenvalue weighted by atomic mass is 16.5. The average molecular weight is 339 g/mol. The number of nitrogens with zero attached hydrogens (tertiary/aromatic N) is 2. The van der Waals surface area contributed by atoms with Crippen molar-refractivity contribution in [2.75, 3.05) is 11.9 Å². The van der Waals surface area contributed by atoms with Gasteiger partial charge in [0, 0.05) is 36.1 Å². The van der Waals surface area contributed by atoms with E-state index in [2.05, 4.69) is 30.1 Å². The number of hydrogen-bond acceptors (Lipinski definition) is 5. The average Bonchev–Trinajstić information content (AvgIpc) is 3.18. The van der Waals surface area contributed by atoms with Gasteiger partial charge in [0.05, 0.1) is 0 Å². The van der Waals surface area contributed by atoms with Gasteiger partial charge in [-0.25, -0.2) is 4.79 Å². The van der Waals surface area contributed by atoms with Crippen molar-refractivity contribution in [3.63, 3.8) is 0 Å². The summed E-state index contributed by atoms with van der Waals surface area (Å²) in [6, 6.07) is 9.57. The van der Waals surface area contributed by atoms with Crippen LogP contribution in [0.4, 0.5) is 5.69 Å². The molecule has 1 atom stereocenters. The van der Waals surface area contributed by atoms with Crippen molar-refractivity contribution >= 4 is 17.4 Å². The standard InChI is InChI=1S/C19H21N3O3/c1-12(25-18(24)14-9-10-20-21-14)16(23)11-17-19(2,3)13-7-5-6-8-15(13)22(17)4/h5-12H,1-4H3,(H,20,21)/b17-11+/t12-/m1/s1. The number of ketones is 1. The molecule has 0 fully saturated rings. The number of anilines is 1. The molecule has 2 aromatic rings. The normalized spacial score (nSPS) is 18.1. The summed E-state index contributed by atoms with van der Waals surface area (Å²) in [6.45, 7) is 5.73. The Morgan fingerprint density at radius 1 is 1.28 bits per heavy atom. The van der Waals surface area contributed by atoms with E-state index in [9.17, 15) is 9.59 Å². The maximum absolute atomic E-state index is 12.6. The molecule has 1 aliphatic heterocycles. The molecule has 0 aliphatic carbocycles. The molecule has 25 heavy (non-hydrogen) atoms. The highest BCUT2D eigenvalue weighted by molar-refractivity contribution is 5.98. The zero-order valence-corrected chi connectivity index (χ0v) is 14.7. The lowest BCUT2D eigenvalue weighted by molar-refractivity contribution is -0.122. The molecule has 1 N–H and O–H groups in total. The van der Waals surface area contributed by atoms with Crippen LogP contribution >= 0.6 is 0 Å². The van der Waals surface area contributed by atoms with Crippen LogP contribution in [0.15, 0.2) is 48.3 Å². The summed E-state index contributed by atoms with van der Waals surface area (Å²) >= 11 is 0. The minimum atomic E-state index is -0.879. The Balaban J connectivity index is 1.80. The van der Waals surface area contributed by atoms with Crippen LogP contribution in [0.5, 0.6) is 0 Å². The van der Waals surface area contributed by atoms with Crippen molar-refractivity contribution in [2.45, 2.75) is 32.3 Å². The van der Waals surface area contributed by atoms with Gasteiger partial charge in [-0.05, 0) is 24.6 Å². The van der Waals surface area contributed by atoms with Crippen molar-refractivity contribution in [3.05, 3.63) is 59.6 Å². The molecule has 130 valence electrons. The van der Waals surface area contributed by atoms with Crippen LogP contribution in [0.2, 0.25) is 0 Å². The molecule has 2 heterocycles. The summed E-state index contributed by atoms with van der Waals surface area (Å²) in [5.41, 5.74) is 3.04. The Morgan fingerprint density at radius 3 is 2.64 bits per heavy atom. The lowest BCUT2D eigenvalue weighted by Gasteiger charge is -2.24. The summed E-state index contributed by atoms with van der Waals surface area (Å²) in [6.07, 6.45) is 2.15. The molecule has 6 nitrogen and oxygen atoms in total. The highest BCUT2D eigenvalue weighted by Gasteiger charge is 2.39. The molecule has 0 saturated carbocycles. The molecule has 1 aromatic heterocycles. The summed E-state index contributed by atoms with van der Waals surface area (Å²) in [5, 5.41) is 6.23. The Kier molecular flexibility index (Phi) is 4.20. The Labute approximate surface area is 146 Å². The second-order valence-electron chi connectivity index (χ2n) is 6.65. The van der Waals surface area contributed by atoms with Crippen molar-refractivity contribution in [3.8, 4) is 0 Å². The second-order valence-corrected chi connectivity index (χ2v) is 6.65. The molecule has 1 aromatic carbocycles. The zero-order valence-electron chi connectivity index (χ0n) is 14.7. The Bertz CT molecular complexity index is 837. The van der Waals surface area contributed by atoms with E-state index in [1.807, 2.05) is 30.1 Å². The maximum atomic E-state index is 12.6. The fourth-order valence-corrected chi connectivity index (χ4v) is 3.16. The first-order valence-electron chi connectivity index (χ1n) is 8.12. The smallest absolute Gasteiger partial charge is 0.357 e. The second kappa shape index (κ2) is 6.20. The lowest BCUT2D eigenvalue weighted by Crippen LogP contribution is -2.28. The molecule has 6 heteroatoms. The number of para-hydroxylation sites is 1. The Hall–Kier alpha value is -2.89. The van der Waals surface area contributed by atoms with Gasteiger partial charge in [0.1, 0.15) is 5.69 Å². The third-order valence-corrected chi connectivity index (χ3v) is 4.62. The minimum Gasteiger partial charge on any atom is -0.450 e. The van der Waals surface area contributed by atoms with Crippen LogP contribution in [0.3, 0.4) is 0 Å². The van der Waals surface area contributed by atoms with E-state index < -0.39 is 12.1 Å². The fraction of sp³-hybridized carbons (Fsp3) is 0.316. The van der Waals surface area contributed by atoms with Gasteiger partial charge in [-0.2, -0.15) is 5.10 Å². The molecule has 0 amide bonds. The molecule has 0 saturated heterocycles. The van der Waals surface area contributed by atoms with Crippen molar-refractivity contribution in [2.24, 2.45) is 0 Å². The Morgan fingerprint density at radius 2 is 2.00 bits per heavy atom. The third kappa shape index (κ3) is 2.95. The van der Waals surface area contributed by atoms with Gasteiger partial charge in [0.2, 0.25) is 0 Å². The number of hydrogen-bond donors (Lipinski definition) is 1. The van der Waals surface area contributed by atoms with E-state index in [4.69, 9.17) is 4.74 Å². The zero-order chi connectivity index (χ0) is 18.2. The first kappa shape index (κ1) is 17.0. The number of nitrogens with one attached hydrogen (secondary N) is 1. The largest absolute Gasteiger partial charge is 0.450 e. The summed E-state index contributed by atoms with van der Waals surface area (Å²) < 4.78 is 5.22. The van der Waals surface area contributed by atoms with E-state index >= 15 is 0 Å². The van der Waals surface area contributed by atoms with Gasteiger partial charge in [-0.1, -0.05) is 32.0 Å². The molecular formula is C19H21N3O3. The number of rotatable bonds is 4. The van der Waals surface area contributed by atoms with Crippen molar-refractivity contribution in [1.82, 2.24) is 10.2 Å².